The van der Waals surface area contributed by atoms with Crippen molar-refractivity contribution in [3.8, 4) is 0 Å². The lowest BCUT2D eigenvalue weighted by Gasteiger charge is -2.51. The van der Waals surface area contributed by atoms with Crippen LogP contribution in [0.1, 0.15) is 168 Å². The summed E-state index contributed by atoms with van der Waals surface area (Å²) in [5, 5.41) is 0. The van der Waals surface area contributed by atoms with E-state index in [4.69, 9.17) is 0 Å². The van der Waals surface area contributed by atoms with Gasteiger partial charge in [-0.15, -0.1) is 0 Å². The van der Waals surface area contributed by atoms with E-state index >= 15 is 0 Å². The highest BCUT2D eigenvalue weighted by Crippen LogP contribution is 2.62. The van der Waals surface area contributed by atoms with E-state index in [0.29, 0.717) is 0 Å². The van der Waals surface area contributed by atoms with Crippen LogP contribution in [0.2, 0.25) is 0 Å². The van der Waals surface area contributed by atoms with E-state index in [2.05, 4.69) is 236 Å². The molecule has 8 aliphatic rings. The van der Waals surface area contributed by atoms with Gasteiger partial charge in [-0.05, 0) is 237 Å². The van der Waals surface area contributed by atoms with Crippen molar-refractivity contribution in [3.05, 3.63) is 218 Å². The van der Waals surface area contributed by atoms with Crippen molar-refractivity contribution in [2.45, 2.75) is 170 Å². The van der Waals surface area contributed by atoms with Gasteiger partial charge < -0.3 is 14.7 Å². The van der Waals surface area contributed by atoms with Crippen molar-refractivity contribution in [1.82, 2.24) is 0 Å². The van der Waals surface area contributed by atoms with E-state index in [1.807, 2.05) is 0 Å². The van der Waals surface area contributed by atoms with Gasteiger partial charge in [0.15, 0.2) is 0 Å². The van der Waals surface area contributed by atoms with Gasteiger partial charge in [0, 0.05) is 56.8 Å². The highest BCUT2D eigenvalue weighted by molar-refractivity contribution is 7.00. The monoisotopic (exact) mass is 1070 g/mol. The van der Waals surface area contributed by atoms with Crippen molar-refractivity contribution in [2.75, 3.05) is 14.7 Å². The van der Waals surface area contributed by atoms with Crippen molar-refractivity contribution < 1.29 is 0 Å². The highest BCUT2D eigenvalue weighted by atomic mass is 15.3. The third kappa shape index (κ3) is 7.73. The van der Waals surface area contributed by atoms with Crippen LogP contribution in [0.5, 0.6) is 0 Å². The van der Waals surface area contributed by atoms with Crippen molar-refractivity contribution in [3.63, 3.8) is 0 Å². The zero-order valence-electron chi connectivity index (χ0n) is 50.6. The lowest BCUT2D eigenvalue weighted by Crippen LogP contribution is -2.62. The molecule has 1 saturated carbocycles. The molecular formula is C78H82BN3. The Morgan fingerprint density at radius 1 is 0.390 bits per heavy atom. The number of benzene rings is 8. The van der Waals surface area contributed by atoms with Gasteiger partial charge in [-0.3, -0.25) is 0 Å². The van der Waals surface area contributed by atoms with Crippen molar-refractivity contribution in [1.29, 1.82) is 0 Å². The average Bonchev–Trinajstić information content (AvgIpc) is 3.21. The number of hydrogen-bond donors (Lipinski definition) is 0. The molecule has 3 nitrogen and oxygen atoms in total. The Morgan fingerprint density at radius 2 is 0.829 bits per heavy atom. The summed E-state index contributed by atoms with van der Waals surface area (Å²) >= 11 is 0. The minimum atomic E-state index is -0.156. The summed E-state index contributed by atoms with van der Waals surface area (Å²) in [7, 11) is 0. The molecule has 0 aromatic heterocycles. The van der Waals surface area contributed by atoms with E-state index < -0.39 is 0 Å². The van der Waals surface area contributed by atoms with Crippen LogP contribution in [0.25, 0.3) is 0 Å². The molecule has 0 spiro atoms. The van der Waals surface area contributed by atoms with Crippen molar-refractivity contribution >= 4 is 68.6 Å². The maximum atomic E-state index is 2.90. The van der Waals surface area contributed by atoms with Crippen LogP contribution in [0, 0.1) is 21.7 Å². The second-order valence-corrected chi connectivity index (χ2v) is 30.9. The number of rotatable bonds is 7. The summed E-state index contributed by atoms with van der Waals surface area (Å²) in [6, 6.07) is 61.6. The Labute approximate surface area is 490 Å². The smallest absolute Gasteiger partial charge is 0.252 e. The molecule has 1 fully saturated rings. The van der Waals surface area contributed by atoms with E-state index in [0.717, 1.165) is 64.2 Å². The molecule has 8 aromatic rings. The Morgan fingerprint density at radius 3 is 1.32 bits per heavy atom. The van der Waals surface area contributed by atoms with Gasteiger partial charge in [-0.2, -0.15) is 0 Å². The molecule has 0 saturated heterocycles. The van der Waals surface area contributed by atoms with Crippen LogP contribution in [0.3, 0.4) is 0 Å². The predicted molar refractivity (Wildman–Crippen MR) is 346 cm³/mol. The first-order chi connectivity index (χ1) is 39.2. The summed E-state index contributed by atoms with van der Waals surface area (Å²) in [4.78, 5) is 8.47. The third-order valence-electron chi connectivity index (χ3n) is 22.2. The lowest BCUT2D eigenvalue weighted by molar-refractivity contribution is 0.195. The largest absolute Gasteiger partial charge is 0.334 e. The van der Waals surface area contributed by atoms with Crippen LogP contribution in [-0.4, -0.2) is 12.3 Å². The zero-order chi connectivity index (χ0) is 56.0. The SMILES string of the molecule is CC1(C)Cc2ccc(N3c4cc5c(cc4B4c6cc7c(cc6N(c6ccc8c(c6)CC(C)(C)C8)c6cc(N8c9ccc(CC(c%10ccccc%10)c%10ccccc%10)cc9C9(C)CCCCC89C)cc3c64)CC(C)(C)C7)CC(C)(C)C5)cc2C1. The molecule has 4 heteroatoms. The first-order valence-corrected chi connectivity index (χ1v) is 31.6. The lowest BCUT2D eigenvalue weighted by atomic mass is 9.33. The second kappa shape index (κ2) is 17.4. The molecule has 2 atom stereocenters. The Kier molecular flexibility index (Phi) is 10.8. The van der Waals surface area contributed by atoms with Crippen LogP contribution < -0.4 is 31.1 Å². The maximum absolute atomic E-state index is 2.90. The molecule has 0 amide bonds. The molecule has 412 valence electrons. The Balaban J connectivity index is 0.963. The first-order valence-electron chi connectivity index (χ1n) is 31.6. The fraction of sp³-hybridized carbons (Fsp3) is 0.385. The fourth-order valence-corrected chi connectivity index (χ4v) is 18.5. The van der Waals surface area contributed by atoms with Crippen LogP contribution in [0.4, 0.5) is 45.5 Å². The van der Waals surface area contributed by atoms with E-state index in [1.165, 1.54) is 137 Å². The minimum Gasteiger partial charge on any atom is -0.334 e. The predicted octanol–water partition coefficient (Wildman–Crippen LogP) is 17.4. The molecule has 82 heavy (non-hydrogen) atoms. The molecule has 3 aliphatic heterocycles. The molecular weight excluding hydrogens is 990 g/mol. The molecule has 2 unspecified atom stereocenters. The second-order valence-electron chi connectivity index (χ2n) is 30.9. The molecule has 8 aromatic carbocycles. The quantitative estimate of drug-likeness (QED) is 0.147. The number of nitrogens with zero attached hydrogens (tertiary/aromatic N) is 3. The summed E-state index contributed by atoms with van der Waals surface area (Å²) in [5.74, 6) is 0.267. The van der Waals surface area contributed by atoms with E-state index in [-0.39, 0.29) is 45.2 Å². The summed E-state index contributed by atoms with van der Waals surface area (Å²) < 4.78 is 0. The van der Waals surface area contributed by atoms with Crippen LogP contribution >= 0.6 is 0 Å². The molecule has 0 bridgehead atoms. The normalized spacial score (nSPS) is 23.0. The molecule has 3 heterocycles. The van der Waals surface area contributed by atoms with Crippen LogP contribution in [-0.2, 0) is 63.2 Å². The van der Waals surface area contributed by atoms with E-state index in [1.54, 1.807) is 11.1 Å². The number of anilines is 8. The highest BCUT2D eigenvalue weighted by Gasteiger charge is 2.58. The van der Waals surface area contributed by atoms with Gasteiger partial charge in [0.25, 0.3) is 6.71 Å². The Bertz CT molecular complexity index is 3790. The van der Waals surface area contributed by atoms with Crippen molar-refractivity contribution in [2.24, 2.45) is 21.7 Å². The summed E-state index contributed by atoms with van der Waals surface area (Å²) in [6.07, 6.45) is 14.7. The van der Waals surface area contributed by atoms with Gasteiger partial charge in [-0.1, -0.05) is 172 Å². The molecule has 0 N–H and O–H groups in total. The average molecular weight is 1070 g/mol. The first kappa shape index (κ1) is 50.9. The molecule has 16 rings (SSSR count). The standard InChI is InChI=1S/C78H82BN3/c1-73(2)41-52-24-26-60(33-54(52)43-73)80-68-37-58-47-75(5,6)45-56(58)35-65(68)79-66-36-57-46-76(7,8)48-59(57)38-69(66)81(61-27-25-53-42-74(3,4)44-55(53)34-61)71-40-62(39-70(80)72(71)79)82-67-28-23-49(32-64(67)77(9)29-17-18-30-78(77,82)10)31-63(50-19-13-11-14-20-50)51-21-15-12-16-22-51/h11-16,19-28,32-40,63H,17-18,29-31,41-48H2,1-10H3. The Hall–Kier alpha value is -6.78. The minimum absolute atomic E-state index is 0.0554. The topological polar surface area (TPSA) is 9.72 Å². The van der Waals surface area contributed by atoms with Gasteiger partial charge in [0.1, 0.15) is 0 Å². The summed E-state index contributed by atoms with van der Waals surface area (Å²) in [5.41, 5.74) is 33.8. The zero-order valence-corrected chi connectivity index (χ0v) is 50.6. The third-order valence-corrected chi connectivity index (χ3v) is 22.2. The van der Waals surface area contributed by atoms with Crippen LogP contribution in [0.15, 0.2) is 152 Å². The number of hydrogen-bond acceptors (Lipinski definition) is 3. The molecule has 5 aliphatic carbocycles. The van der Waals surface area contributed by atoms with E-state index in [9.17, 15) is 0 Å². The van der Waals surface area contributed by atoms with Gasteiger partial charge >= 0.3 is 0 Å². The maximum Gasteiger partial charge on any atom is 0.252 e. The molecule has 0 radical (unpaired) electrons. The van der Waals surface area contributed by atoms with Gasteiger partial charge in [-0.25, -0.2) is 0 Å². The fourth-order valence-electron chi connectivity index (χ4n) is 18.5. The van der Waals surface area contributed by atoms with Gasteiger partial charge in [0.2, 0.25) is 0 Å². The number of fused-ring (bicyclic) bond motifs is 11. The summed E-state index contributed by atoms with van der Waals surface area (Å²) in [6.45, 7) is 25.2. The van der Waals surface area contributed by atoms with Gasteiger partial charge in [0.05, 0.1) is 5.54 Å².